The standard InChI is InChI=1S/C22H22N4O2/c1-28-19-8-2-5-16(13-19)20-21(25-11-10-24-20)18-7-4-12-26(15-18)22(27)17-6-3-9-23-14-17/h2-3,5-6,8-11,13-14,18H,4,7,12,15H2,1H3. The van der Waals surface area contributed by atoms with Crippen molar-refractivity contribution in [3.05, 3.63) is 72.4 Å². The molecule has 0 aliphatic carbocycles. The normalized spacial score (nSPS) is 16.6. The summed E-state index contributed by atoms with van der Waals surface area (Å²) in [5.41, 5.74) is 3.37. The van der Waals surface area contributed by atoms with Gasteiger partial charge in [-0.25, -0.2) is 0 Å². The highest BCUT2D eigenvalue weighted by molar-refractivity contribution is 5.94. The van der Waals surface area contributed by atoms with Crippen LogP contribution in [0.25, 0.3) is 11.3 Å². The van der Waals surface area contributed by atoms with E-state index >= 15 is 0 Å². The molecule has 1 aliphatic heterocycles. The summed E-state index contributed by atoms with van der Waals surface area (Å²) >= 11 is 0. The number of rotatable bonds is 4. The zero-order chi connectivity index (χ0) is 19.3. The summed E-state index contributed by atoms with van der Waals surface area (Å²) in [6.45, 7) is 1.38. The van der Waals surface area contributed by atoms with E-state index in [2.05, 4.69) is 15.0 Å². The molecule has 1 fully saturated rings. The van der Waals surface area contributed by atoms with Gasteiger partial charge in [0.15, 0.2) is 0 Å². The van der Waals surface area contributed by atoms with Crippen molar-refractivity contribution in [3.8, 4) is 17.0 Å². The molecular weight excluding hydrogens is 352 g/mol. The third-order valence-electron chi connectivity index (χ3n) is 5.07. The molecule has 3 aromatic rings. The molecule has 1 atom stereocenters. The minimum Gasteiger partial charge on any atom is -0.497 e. The lowest BCUT2D eigenvalue weighted by molar-refractivity contribution is 0.0705. The van der Waals surface area contributed by atoms with Gasteiger partial charge in [0.1, 0.15) is 5.75 Å². The Morgan fingerprint density at radius 2 is 2.04 bits per heavy atom. The smallest absolute Gasteiger partial charge is 0.255 e. The van der Waals surface area contributed by atoms with E-state index in [-0.39, 0.29) is 11.8 Å². The van der Waals surface area contributed by atoms with Crippen LogP contribution in [0.4, 0.5) is 0 Å². The molecule has 28 heavy (non-hydrogen) atoms. The monoisotopic (exact) mass is 374 g/mol. The van der Waals surface area contributed by atoms with Crippen LogP contribution >= 0.6 is 0 Å². The van der Waals surface area contributed by atoms with Gasteiger partial charge in [-0.05, 0) is 37.1 Å². The van der Waals surface area contributed by atoms with Crippen LogP contribution in [0.5, 0.6) is 5.75 Å². The summed E-state index contributed by atoms with van der Waals surface area (Å²) in [6, 6.07) is 11.4. The van der Waals surface area contributed by atoms with Crippen molar-refractivity contribution < 1.29 is 9.53 Å². The number of carbonyl (C=O) groups is 1. The Morgan fingerprint density at radius 3 is 2.86 bits per heavy atom. The highest BCUT2D eigenvalue weighted by Gasteiger charge is 2.28. The Kier molecular flexibility index (Phi) is 5.28. The number of amides is 1. The van der Waals surface area contributed by atoms with Crippen molar-refractivity contribution in [2.24, 2.45) is 0 Å². The van der Waals surface area contributed by atoms with Crippen molar-refractivity contribution in [1.82, 2.24) is 19.9 Å². The minimum atomic E-state index is 0.0182. The summed E-state index contributed by atoms with van der Waals surface area (Å²) in [7, 11) is 1.65. The molecule has 6 heteroatoms. The number of carbonyl (C=O) groups excluding carboxylic acids is 1. The molecule has 3 heterocycles. The molecule has 4 rings (SSSR count). The number of likely N-dealkylation sites (tertiary alicyclic amines) is 1. The van der Waals surface area contributed by atoms with Gasteiger partial charge < -0.3 is 9.64 Å². The molecule has 0 saturated carbocycles. The number of benzene rings is 1. The zero-order valence-corrected chi connectivity index (χ0v) is 15.8. The molecule has 6 nitrogen and oxygen atoms in total. The molecule has 1 aromatic carbocycles. The van der Waals surface area contributed by atoms with Crippen LogP contribution in [0.3, 0.4) is 0 Å². The Labute approximate surface area is 164 Å². The third-order valence-corrected chi connectivity index (χ3v) is 5.07. The first-order chi connectivity index (χ1) is 13.8. The number of piperidine rings is 1. The molecule has 1 unspecified atom stereocenters. The number of nitrogens with zero attached hydrogens (tertiary/aromatic N) is 4. The first-order valence-corrected chi connectivity index (χ1v) is 9.41. The Hall–Kier alpha value is -3.28. The van der Waals surface area contributed by atoms with Crippen LogP contribution in [0.1, 0.15) is 34.8 Å². The van der Waals surface area contributed by atoms with E-state index in [1.54, 1.807) is 38.0 Å². The molecule has 0 bridgehead atoms. The van der Waals surface area contributed by atoms with Crippen molar-refractivity contribution in [1.29, 1.82) is 0 Å². The van der Waals surface area contributed by atoms with Gasteiger partial charge in [-0.2, -0.15) is 0 Å². The van der Waals surface area contributed by atoms with E-state index in [4.69, 9.17) is 4.74 Å². The van der Waals surface area contributed by atoms with Gasteiger partial charge in [-0.1, -0.05) is 12.1 Å². The van der Waals surface area contributed by atoms with E-state index in [9.17, 15) is 4.79 Å². The van der Waals surface area contributed by atoms with Crippen LogP contribution in [0.15, 0.2) is 61.2 Å². The number of hydrogen-bond acceptors (Lipinski definition) is 5. The van der Waals surface area contributed by atoms with Gasteiger partial charge in [-0.15, -0.1) is 0 Å². The molecule has 142 valence electrons. The molecule has 0 N–H and O–H groups in total. The number of pyridine rings is 1. The minimum absolute atomic E-state index is 0.0182. The van der Waals surface area contributed by atoms with Crippen molar-refractivity contribution in [3.63, 3.8) is 0 Å². The summed E-state index contributed by atoms with van der Waals surface area (Å²) in [6.07, 6.45) is 8.64. The fourth-order valence-electron chi connectivity index (χ4n) is 3.70. The lowest BCUT2D eigenvalue weighted by atomic mass is 9.91. The highest BCUT2D eigenvalue weighted by Crippen LogP contribution is 2.33. The SMILES string of the molecule is COc1cccc(-c2nccnc2C2CCCN(C(=O)c3cccnc3)C2)c1. The number of ether oxygens (including phenoxy) is 1. The van der Waals surface area contributed by atoms with Crippen LogP contribution in [-0.4, -0.2) is 46.0 Å². The Balaban J connectivity index is 1.62. The molecule has 0 radical (unpaired) electrons. The molecule has 1 aliphatic rings. The maximum Gasteiger partial charge on any atom is 0.255 e. The fourth-order valence-corrected chi connectivity index (χ4v) is 3.70. The van der Waals surface area contributed by atoms with Gasteiger partial charge in [-0.3, -0.25) is 19.7 Å². The van der Waals surface area contributed by atoms with E-state index in [1.807, 2.05) is 35.2 Å². The maximum atomic E-state index is 12.8. The van der Waals surface area contributed by atoms with Crippen molar-refractivity contribution in [2.45, 2.75) is 18.8 Å². The van der Waals surface area contributed by atoms with Crippen molar-refractivity contribution in [2.75, 3.05) is 20.2 Å². The second kappa shape index (κ2) is 8.17. The lowest BCUT2D eigenvalue weighted by Gasteiger charge is -2.33. The molecule has 2 aromatic heterocycles. The number of hydrogen-bond donors (Lipinski definition) is 0. The zero-order valence-electron chi connectivity index (χ0n) is 15.8. The molecular formula is C22H22N4O2. The highest BCUT2D eigenvalue weighted by atomic mass is 16.5. The van der Waals surface area contributed by atoms with Gasteiger partial charge in [0.05, 0.1) is 24.1 Å². The van der Waals surface area contributed by atoms with E-state index in [0.717, 1.165) is 42.1 Å². The average Bonchev–Trinajstić information content (AvgIpc) is 2.79. The van der Waals surface area contributed by atoms with Crippen molar-refractivity contribution >= 4 is 5.91 Å². The summed E-state index contributed by atoms with van der Waals surface area (Å²) in [4.78, 5) is 28.1. The molecule has 0 spiro atoms. The summed E-state index contributed by atoms with van der Waals surface area (Å²) < 4.78 is 5.35. The number of aromatic nitrogens is 3. The van der Waals surface area contributed by atoms with Gasteiger partial charge in [0, 0.05) is 49.4 Å². The van der Waals surface area contributed by atoms with Gasteiger partial charge in [0.2, 0.25) is 0 Å². The predicted molar refractivity (Wildman–Crippen MR) is 106 cm³/mol. The van der Waals surface area contributed by atoms with E-state index in [1.165, 1.54) is 0 Å². The maximum absolute atomic E-state index is 12.8. The first kappa shape index (κ1) is 18.1. The average molecular weight is 374 g/mol. The molecule has 1 amide bonds. The second-order valence-electron chi connectivity index (χ2n) is 6.85. The predicted octanol–water partition coefficient (Wildman–Crippen LogP) is 3.57. The van der Waals surface area contributed by atoms with E-state index < -0.39 is 0 Å². The van der Waals surface area contributed by atoms with Crippen LogP contribution in [0, 0.1) is 0 Å². The second-order valence-corrected chi connectivity index (χ2v) is 6.85. The van der Waals surface area contributed by atoms with Gasteiger partial charge >= 0.3 is 0 Å². The summed E-state index contributed by atoms with van der Waals surface area (Å²) in [5.74, 6) is 0.944. The van der Waals surface area contributed by atoms with Gasteiger partial charge in [0.25, 0.3) is 5.91 Å². The fraction of sp³-hybridized carbons (Fsp3) is 0.273. The lowest BCUT2D eigenvalue weighted by Crippen LogP contribution is -2.39. The Morgan fingerprint density at radius 1 is 1.14 bits per heavy atom. The van der Waals surface area contributed by atoms with E-state index in [0.29, 0.717) is 12.1 Å². The summed E-state index contributed by atoms with van der Waals surface area (Å²) in [5, 5.41) is 0. The van der Waals surface area contributed by atoms with Crippen LogP contribution in [-0.2, 0) is 0 Å². The molecule has 1 saturated heterocycles. The first-order valence-electron chi connectivity index (χ1n) is 9.41. The van der Waals surface area contributed by atoms with Crippen LogP contribution in [0.2, 0.25) is 0 Å². The number of methoxy groups -OCH3 is 1. The third kappa shape index (κ3) is 3.71. The Bertz CT molecular complexity index is 962. The van der Waals surface area contributed by atoms with Crippen LogP contribution < -0.4 is 4.74 Å². The quantitative estimate of drug-likeness (QED) is 0.698. The topological polar surface area (TPSA) is 68.2 Å². The largest absolute Gasteiger partial charge is 0.497 e.